The van der Waals surface area contributed by atoms with Crippen LogP contribution in [0.15, 0.2) is 28.7 Å². The van der Waals surface area contributed by atoms with Gasteiger partial charge in [-0.1, -0.05) is 22.0 Å². The molecule has 0 aromatic heterocycles. The van der Waals surface area contributed by atoms with E-state index >= 15 is 0 Å². The quantitative estimate of drug-likeness (QED) is 0.900. The van der Waals surface area contributed by atoms with E-state index in [4.69, 9.17) is 4.74 Å². The number of carbonyl (C=O) groups is 2. The molecule has 1 N–H and O–H groups in total. The topological polar surface area (TPSA) is 66.8 Å². The Bertz CT molecular complexity index is 562. The van der Waals surface area contributed by atoms with Crippen molar-refractivity contribution in [3.63, 3.8) is 0 Å². The third kappa shape index (κ3) is 3.56. The number of aliphatic carboxylic acids is 1. The molecule has 6 heteroatoms. The van der Waals surface area contributed by atoms with E-state index in [0.717, 1.165) is 4.47 Å². The van der Waals surface area contributed by atoms with E-state index < -0.39 is 17.5 Å². The number of likely N-dealkylation sites (tertiary alicyclic amines) is 1. The fourth-order valence-corrected chi connectivity index (χ4v) is 2.75. The van der Waals surface area contributed by atoms with Gasteiger partial charge >= 0.3 is 5.97 Å². The van der Waals surface area contributed by atoms with Crippen molar-refractivity contribution in [2.45, 2.75) is 26.4 Å². The summed E-state index contributed by atoms with van der Waals surface area (Å²) < 4.78 is 6.50. The number of benzene rings is 1. The number of ether oxygens (including phenoxy) is 1. The van der Waals surface area contributed by atoms with Crippen LogP contribution in [0.4, 0.5) is 0 Å². The number of hydrogen-bond donors (Lipinski definition) is 1. The lowest BCUT2D eigenvalue weighted by atomic mass is 9.90. The molecular weight excluding hydrogens is 338 g/mol. The Morgan fingerprint density at radius 1 is 1.48 bits per heavy atom. The Morgan fingerprint density at radius 2 is 2.19 bits per heavy atom. The second-order valence-electron chi connectivity index (χ2n) is 5.59. The molecule has 114 valence electrons. The van der Waals surface area contributed by atoms with Gasteiger partial charge in [0.25, 0.3) is 5.91 Å². The number of carbonyl (C=O) groups excluding carboxylic acids is 1. The molecule has 0 spiro atoms. The highest BCUT2D eigenvalue weighted by Gasteiger charge is 2.43. The zero-order chi connectivity index (χ0) is 15.6. The minimum atomic E-state index is -0.863. The van der Waals surface area contributed by atoms with Gasteiger partial charge in [0, 0.05) is 17.6 Å². The minimum Gasteiger partial charge on any atom is -0.481 e. The molecule has 0 unspecified atom stereocenters. The second kappa shape index (κ2) is 6.05. The summed E-state index contributed by atoms with van der Waals surface area (Å²) in [5, 5.41) is 9.20. The Labute approximate surface area is 132 Å². The van der Waals surface area contributed by atoms with Gasteiger partial charge in [0.15, 0.2) is 6.10 Å². The van der Waals surface area contributed by atoms with Gasteiger partial charge in [0.2, 0.25) is 0 Å². The van der Waals surface area contributed by atoms with Crippen molar-refractivity contribution in [2.24, 2.45) is 5.41 Å². The number of amides is 1. The van der Waals surface area contributed by atoms with E-state index in [9.17, 15) is 14.7 Å². The molecule has 2 rings (SSSR count). The average Bonchev–Trinajstić information content (AvgIpc) is 2.82. The number of carboxylic acid groups (broad SMARTS) is 1. The zero-order valence-electron chi connectivity index (χ0n) is 12.0. The van der Waals surface area contributed by atoms with Crippen LogP contribution in [0, 0.1) is 5.41 Å². The molecule has 0 bridgehead atoms. The third-order valence-corrected chi connectivity index (χ3v) is 4.25. The Balaban J connectivity index is 1.99. The van der Waals surface area contributed by atoms with Gasteiger partial charge in [0.1, 0.15) is 5.75 Å². The first kappa shape index (κ1) is 15.8. The number of nitrogens with zero attached hydrogens (tertiary/aromatic N) is 1. The number of hydrogen-bond acceptors (Lipinski definition) is 3. The smallest absolute Gasteiger partial charge is 0.311 e. The first-order valence-corrected chi connectivity index (χ1v) is 7.55. The predicted molar refractivity (Wildman–Crippen MR) is 81.2 cm³/mol. The van der Waals surface area contributed by atoms with E-state index in [1.807, 2.05) is 12.1 Å². The van der Waals surface area contributed by atoms with Crippen LogP contribution in [0.1, 0.15) is 20.3 Å². The molecule has 1 amide bonds. The van der Waals surface area contributed by atoms with Crippen LogP contribution in [0.3, 0.4) is 0 Å². The van der Waals surface area contributed by atoms with Gasteiger partial charge < -0.3 is 14.7 Å². The molecule has 1 aliphatic heterocycles. The van der Waals surface area contributed by atoms with Gasteiger partial charge in [-0.15, -0.1) is 0 Å². The van der Waals surface area contributed by atoms with Crippen molar-refractivity contribution in [2.75, 3.05) is 13.1 Å². The number of carboxylic acids is 1. The summed E-state index contributed by atoms with van der Waals surface area (Å²) in [7, 11) is 0. The summed E-state index contributed by atoms with van der Waals surface area (Å²) in [6.45, 7) is 4.03. The molecule has 21 heavy (non-hydrogen) atoms. The van der Waals surface area contributed by atoms with Crippen LogP contribution < -0.4 is 4.74 Å². The normalized spacial score (nSPS) is 22.9. The van der Waals surface area contributed by atoms with Gasteiger partial charge in [-0.2, -0.15) is 0 Å². The van der Waals surface area contributed by atoms with Crippen LogP contribution in [-0.2, 0) is 9.59 Å². The maximum atomic E-state index is 12.3. The Hall–Kier alpha value is -1.56. The van der Waals surface area contributed by atoms with Crippen molar-refractivity contribution >= 4 is 27.8 Å². The lowest BCUT2D eigenvalue weighted by molar-refractivity contribution is -0.147. The predicted octanol–water partition coefficient (Wildman–Crippen LogP) is 2.54. The van der Waals surface area contributed by atoms with E-state index in [1.165, 1.54) is 0 Å². The van der Waals surface area contributed by atoms with E-state index in [2.05, 4.69) is 15.9 Å². The fourth-order valence-electron chi connectivity index (χ4n) is 2.38. The van der Waals surface area contributed by atoms with E-state index in [0.29, 0.717) is 18.7 Å². The molecular formula is C15H18BrNO4. The van der Waals surface area contributed by atoms with E-state index in [1.54, 1.807) is 30.9 Å². The summed E-state index contributed by atoms with van der Waals surface area (Å²) in [6.07, 6.45) is -0.173. The average molecular weight is 356 g/mol. The monoisotopic (exact) mass is 355 g/mol. The number of rotatable bonds is 4. The fraction of sp³-hybridized carbons (Fsp3) is 0.467. The molecule has 1 fully saturated rings. The maximum absolute atomic E-state index is 12.3. The molecule has 1 aromatic rings. The highest BCUT2D eigenvalue weighted by Crippen LogP contribution is 2.30. The van der Waals surface area contributed by atoms with Gasteiger partial charge in [-0.3, -0.25) is 9.59 Å². The molecule has 0 saturated carbocycles. The van der Waals surface area contributed by atoms with Crippen LogP contribution in [-0.4, -0.2) is 41.1 Å². The largest absolute Gasteiger partial charge is 0.481 e. The Kier molecular flexibility index (Phi) is 4.56. The molecule has 1 aromatic carbocycles. The Morgan fingerprint density at radius 3 is 2.76 bits per heavy atom. The molecule has 0 radical (unpaired) electrons. The van der Waals surface area contributed by atoms with Crippen molar-refractivity contribution in [1.82, 2.24) is 4.90 Å². The van der Waals surface area contributed by atoms with Crippen LogP contribution in [0.2, 0.25) is 0 Å². The molecule has 5 nitrogen and oxygen atoms in total. The first-order valence-electron chi connectivity index (χ1n) is 6.76. The first-order chi connectivity index (χ1) is 9.82. The van der Waals surface area contributed by atoms with Crippen molar-refractivity contribution < 1.29 is 19.4 Å². The highest BCUT2D eigenvalue weighted by molar-refractivity contribution is 9.10. The lowest BCUT2D eigenvalue weighted by Gasteiger charge is -2.23. The molecule has 1 aliphatic rings. The van der Waals surface area contributed by atoms with Gasteiger partial charge in [-0.25, -0.2) is 0 Å². The van der Waals surface area contributed by atoms with Crippen molar-refractivity contribution in [1.29, 1.82) is 0 Å². The second-order valence-corrected chi connectivity index (χ2v) is 6.51. The minimum absolute atomic E-state index is 0.181. The summed E-state index contributed by atoms with van der Waals surface area (Å²) >= 11 is 3.35. The van der Waals surface area contributed by atoms with Crippen molar-refractivity contribution in [3.05, 3.63) is 28.7 Å². The molecule has 0 aliphatic carbocycles. The summed E-state index contributed by atoms with van der Waals surface area (Å²) in [4.78, 5) is 25.1. The SMILES string of the molecule is C[C@@H](Oc1cccc(Br)c1)C(=O)N1CC[C@@](C)(C(=O)O)C1. The van der Waals surface area contributed by atoms with E-state index in [-0.39, 0.29) is 12.5 Å². The summed E-state index contributed by atoms with van der Waals surface area (Å²) in [5.74, 6) is -0.441. The zero-order valence-corrected chi connectivity index (χ0v) is 13.6. The maximum Gasteiger partial charge on any atom is 0.311 e. The number of halogens is 1. The lowest BCUT2D eigenvalue weighted by Crippen LogP contribution is -2.41. The molecule has 1 heterocycles. The van der Waals surface area contributed by atoms with Crippen LogP contribution in [0.25, 0.3) is 0 Å². The van der Waals surface area contributed by atoms with Crippen LogP contribution in [0.5, 0.6) is 5.75 Å². The molecule has 1 saturated heterocycles. The van der Waals surface area contributed by atoms with Gasteiger partial charge in [-0.05, 0) is 38.5 Å². The van der Waals surface area contributed by atoms with Crippen LogP contribution >= 0.6 is 15.9 Å². The van der Waals surface area contributed by atoms with Gasteiger partial charge in [0.05, 0.1) is 5.41 Å². The summed E-state index contributed by atoms with van der Waals surface area (Å²) in [6, 6.07) is 7.26. The third-order valence-electron chi connectivity index (χ3n) is 3.76. The highest BCUT2D eigenvalue weighted by atomic mass is 79.9. The molecule has 2 atom stereocenters. The standard InChI is InChI=1S/C15H18BrNO4/c1-10(21-12-5-3-4-11(16)8-12)13(18)17-7-6-15(2,9-17)14(19)20/h3-5,8,10H,6-7,9H2,1-2H3,(H,19,20)/t10-,15-/m1/s1. The van der Waals surface area contributed by atoms with Crippen molar-refractivity contribution in [3.8, 4) is 5.75 Å². The summed E-state index contributed by atoms with van der Waals surface area (Å²) in [5.41, 5.74) is -0.856.